The molecule has 0 fully saturated rings. The molecule has 0 aliphatic heterocycles. The predicted molar refractivity (Wildman–Crippen MR) is 188 cm³/mol. The van der Waals surface area contributed by atoms with Crippen LogP contribution in [-0.4, -0.2) is 14.8 Å². The molecule has 0 unspecified atom stereocenters. The Morgan fingerprint density at radius 1 is 0.289 bits per heavy atom. The lowest BCUT2D eigenvalue weighted by Gasteiger charge is -2.11. The van der Waals surface area contributed by atoms with Crippen molar-refractivity contribution >= 4 is 36.9 Å². The maximum atomic E-state index is 6.34. The Balaban J connectivity index is 0. The summed E-state index contributed by atoms with van der Waals surface area (Å²) in [6, 6.07) is 2.60. The minimum atomic E-state index is -1.29. The Morgan fingerprint density at radius 2 is 0.447 bits per heavy atom. The van der Waals surface area contributed by atoms with E-state index in [1.165, 1.54) is 179 Å². The molecule has 0 spiro atoms. The van der Waals surface area contributed by atoms with Crippen LogP contribution in [-0.2, 0) is 0 Å². The highest BCUT2D eigenvalue weighted by Gasteiger charge is 2.15. The van der Waals surface area contributed by atoms with E-state index in [1.54, 1.807) is 0 Å². The molecule has 0 nitrogen and oxygen atoms in total. The van der Waals surface area contributed by atoms with Gasteiger partial charge in [0.2, 0.25) is 0 Å². The molecule has 0 radical (unpaired) electrons. The van der Waals surface area contributed by atoms with Gasteiger partial charge in [-0.3, -0.25) is 0 Å². The van der Waals surface area contributed by atoms with Crippen molar-refractivity contribution < 1.29 is 0 Å². The molecule has 232 valence electrons. The van der Waals surface area contributed by atoms with Crippen molar-refractivity contribution in [3.8, 4) is 0 Å². The zero-order valence-electron chi connectivity index (χ0n) is 27.6. The summed E-state index contributed by atoms with van der Waals surface area (Å²) in [5, 5.41) is 0. The van der Waals surface area contributed by atoms with Crippen molar-refractivity contribution in [2.24, 2.45) is 0 Å². The summed E-state index contributed by atoms with van der Waals surface area (Å²) < 4.78 is 0. The van der Waals surface area contributed by atoms with Crippen LogP contribution in [0.25, 0.3) is 0 Å². The summed E-state index contributed by atoms with van der Waals surface area (Å²) in [5.74, 6) is 0. The largest absolute Gasteiger partial charge is 0.168 e. The maximum absolute atomic E-state index is 6.34. The van der Waals surface area contributed by atoms with E-state index in [-0.39, 0.29) is 0 Å². The average Bonchev–Trinajstić information content (AvgIpc) is 2.84. The molecule has 0 amide bonds. The average molecular weight is 610 g/mol. The number of unbranched alkanes of at least 4 members (excludes halogenated alkanes) is 24. The summed E-state index contributed by atoms with van der Waals surface area (Å²) in [5.41, 5.74) is 0. The summed E-state index contributed by atoms with van der Waals surface area (Å²) in [6.07, 6.45) is 37.4. The van der Waals surface area contributed by atoms with Crippen LogP contribution in [0.1, 0.15) is 181 Å². The van der Waals surface area contributed by atoms with Crippen molar-refractivity contribution in [1.82, 2.24) is 0 Å². The van der Waals surface area contributed by atoms with Gasteiger partial charge in [0.15, 0.2) is 0 Å². The normalized spacial score (nSPS) is 12.0. The Kier molecular flexibility index (Phi) is 33.5. The highest BCUT2D eigenvalue weighted by atomic mass is 35.6. The van der Waals surface area contributed by atoms with Gasteiger partial charge in [0.1, 0.15) is 14.8 Å². The maximum Gasteiger partial charge on any atom is 0.150 e. The minimum absolute atomic E-state index is 1.28. The van der Waals surface area contributed by atoms with E-state index in [9.17, 15) is 0 Å². The second-order valence-corrected chi connectivity index (χ2v) is 27.4. The van der Waals surface area contributed by atoms with E-state index in [0.717, 1.165) is 0 Å². The van der Waals surface area contributed by atoms with E-state index >= 15 is 0 Å². The lowest BCUT2D eigenvalue weighted by atomic mass is 10.0. The van der Waals surface area contributed by atoms with E-state index in [4.69, 9.17) is 22.2 Å². The molecule has 38 heavy (non-hydrogen) atoms. The van der Waals surface area contributed by atoms with E-state index in [1.807, 2.05) is 0 Å². The molecule has 0 atom stereocenters. The van der Waals surface area contributed by atoms with E-state index in [0.29, 0.717) is 0 Å². The van der Waals surface area contributed by atoms with Crippen LogP contribution in [0.4, 0.5) is 0 Å². The fourth-order valence-electron chi connectivity index (χ4n) is 5.13. The summed E-state index contributed by atoms with van der Waals surface area (Å²) in [6.45, 7) is 13.6. The van der Waals surface area contributed by atoms with Crippen LogP contribution in [0.3, 0.4) is 0 Å². The van der Waals surface area contributed by atoms with Crippen molar-refractivity contribution in [1.29, 1.82) is 0 Å². The first-order chi connectivity index (χ1) is 18.1. The third-order valence-electron chi connectivity index (χ3n) is 7.75. The molecule has 0 aromatic carbocycles. The number of hydrogen-bond donors (Lipinski definition) is 0. The lowest BCUT2D eigenvalue weighted by Crippen LogP contribution is -2.14. The van der Waals surface area contributed by atoms with Gasteiger partial charge in [-0.1, -0.05) is 207 Å². The zero-order valence-corrected chi connectivity index (χ0v) is 31.1. The Morgan fingerprint density at radius 3 is 0.605 bits per heavy atom. The van der Waals surface area contributed by atoms with Gasteiger partial charge < -0.3 is 0 Å². The predicted octanol–water partition coefficient (Wildman–Crippen LogP) is 15.0. The van der Waals surface area contributed by atoms with Crippen LogP contribution in [0.15, 0.2) is 0 Å². The second kappa shape index (κ2) is 31.0. The molecule has 0 aliphatic carbocycles. The fourth-order valence-corrected chi connectivity index (χ4v) is 8.11. The van der Waals surface area contributed by atoms with E-state index in [2.05, 4.69) is 40.0 Å². The Bertz CT molecular complexity index is 429. The monoisotopic (exact) mass is 608 g/mol. The smallest absolute Gasteiger partial charge is 0.150 e. The molecule has 0 aliphatic rings. The number of rotatable bonds is 28. The SMILES string of the molecule is CCCCCCCCCCCCCCCCCC[Si](C)(C)Cl.CCCCCCCCCCCC[Si](C)(C)Cl. The minimum Gasteiger partial charge on any atom is -0.168 e. The topological polar surface area (TPSA) is 0 Å². The molecule has 0 heterocycles. The summed E-state index contributed by atoms with van der Waals surface area (Å²) in [7, 11) is -2.57. The Labute approximate surface area is 255 Å². The first-order valence-corrected chi connectivity index (χ1v) is 25.9. The number of hydrogen-bond acceptors (Lipinski definition) is 0. The molecule has 0 rings (SSSR count). The van der Waals surface area contributed by atoms with Gasteiger partial charge in [-0.2, -0.15) is 22.2 Å². The van der Waals surface area contributed by atoms with Crippen LogP contribution in [0.2, 0.25) is 38.3 Å². The first-order valence-electron chi connectivity index (χ1n) is 17.5. The third-order valence-corrected chi connectivity index (χ3v) is 12.0. The molecule has 0 saturated carbocycles. The van der Waals surface area contributed by atoms with Gasteiger partial charge in [-0.15, -0.1) is 0 Å². The van der Waals surface area contributed by atoms with Crippen molar-refractivity contribution in [2.45, 2.75) is 219 Å². The first kappa shape index (κ1) is 41.2. The number of halogens is 2. The van der Waals surface area contributed by atoms with Gasteiger partial charge in [0.05, 0.1) is 0 Å². The molecule has 0 N–H and O–H groups in total. The van der Waals surface area contributed by atoms with Crippen LogP contribution in [0.5, 0.6) is 0 Å². The van der Waals surface area contributed by atoms with Gasteiger partial charge in [-0.05, 0) is 12.1 Å². The highest BCUT2D eigenvalue weighted by molar-refractivity contribution is 7.19. The van der Waals surface area contributed by atoms with Crippen molar-refractivity contribution in [3.63, 3.8) is 0 Å². The molecule has 0 aromatic rings. The van der Waals surface area contributed by atoms with E-state index < -0.39 is 14.8 Å². The molecular weight excluding hydrogens is 535 g/mol. The molecule has 0 bridgehead atoms. The van der Waals surface area contributed by atoms with Crippen LogP contribution < -0.4 is 0 Å². The quantitative estimate of drug-likeness (QED) is 0.0470. The molecular formula is C34H74Cl2Si2. The Hall–Kier alpha value is 1.01. The van der Waals surface area contributed by atoms with Gasteiger partial charge in [0.25, 0.3) is 0 Å². The lowest BCUT2D eigenvalue weighted by molar-refractivity contribution is 0.531. The summed E-state index contributed by atoms with van der Waals surface area (Å²) >= 11 is 12.6. The van der Waals surface area contributed by atoms with Gasteiger partial charge in [0, 0.05) is 0 Å². The third kappa shape index (κ3) is 44.0. The second-order valence-electron chi connectivity index (χ2n) is 13.4. The fraction of sp³-hybridized carbons (Fsp3) is 1.00. The van der Waals surface area contributed by atoms with Gasteiger partial charge >= 0.3 is 0 Å². The van der Waals surface area contributed by atoms with Gasteiger partial charge in [-0.25, -0.2) is 0 Å². The highest BCUT2D eigenvalue weighted by Crippen LogP contribution is 2.20. The molecule has 4 heteroatoms. The van der Waals surface area contributed by atoms with Crippen LogP contribution >= 0.6 is 22.2 Å². The molecule has 0 aromatic heterocycles. The summed E-state index contributed by atoms with van der Waals surface area (Å²) in [4.78, 5) is 0. The zero-order chi connectivity index (χ0) is 28.8. The molecule has 0 saturated heterocycles. The van der Waals surface area contributed by atoms with Crippen molar-refractivity contribution in [3.05, 3.63) is 0 Å². The van der Waals surface area contributed by atoms with Crippen molar-refractivity contribution in [2.75, 3.05) is 0 Å². The van der Waals surface area contributed by atoms with Crippen LogP contribution in [0, 0.1) is 0 Å². The standard InChI is InChI=1S/C20H43ClSi.C14H31ClSi/c1-4-5-6-7-8-9-10-11-12-13-14-15-16-17-18-19-20-22(2,3)21;1-4-5-6-7-8-9-10-11-12-13-14-16(2,3)15/h4-20H2,1-3H3;4-14H2,1-3H3.